The topological polar surface area (TPSA) is 78.3 Å². The molecule has 128 valence electrons. The van der Waals surface area contributed by atoms with Crippen molar-refractivity contribution in [3.8, 4) is 11.5 Å². The highest BCUT2D eigenvalue weighted by molar-refractivity contribution is 7.99. The minimum Gasteiger partial charge on any atom is -0.497 e. The summed E-state index contributed by atoms with van der Waals surface area (Å²) in [5, 5.41) is 11.9. The van der Waals surface area contributed by atoms with Crippen LogP contribution in [-0.2, 0) is 4.79 Å². The van der Waals surface area contributed by atoms with Gasteiger partial charge >= 0.3 is 0 Å². The van der Waals surface area contributed by atoms with E-state index in [1.807, 2.05) is 6.92 Å². The third kappa shape index (κ3) is 3.64. The molecule has 0 spiro atoms. The maximum absolute atomic E-state index is 12.3. The highest BCUT2D eigenvalue weighted by Crippen LogP contribution is 2.38. The highest BCUT2D eigenvalue weighted by Gasteiger charge is 2.28. The lowest BCUT2D eigenvalue weighted by Gasteiger charge is -2.11. The van der Waals surface area contributed by atoms with Crippen molar-refractivity contribution >= 4 is 23.4 Å². The van der Waals surface area contributed by atoms with Gasteiger partial charge in [0.1, 0.15) is 17.3 Å². The molecule has 0 unspecified atom stereocenters. The molecule has 7 nitrogen and oxygen atoms in total. The quantitative estimate of drug-likeness (QED) is 0.775. The summed E-state index contributed by atoms with van der Waals surface area (Å²) in [5.41, 5.74) is 0.585. The van der Waals surface area contributed by atoms with Gasteiger partial charge in [-0.1, -0.05) is 11.8 Å². The number of thioether (sulfide) groups is 1. The van der Waals surface area contributed by atoms with Crippen LogP contribution in [0.4, 0.5) is 5.69 Å². The van der Waals surface area contributed by atoms with Gasteiger partial charge in [-0.3, -0.25) is 4.79 Å². The molecule has 0 bridgehead atoms. The summed E-state index contributed by atoms with van der Waals surface area (Å²) in [7, 11) is 3.14. The Balaban J connectivity index is 1.64. The van der Waals surface area contributed by atoms with Gasteiger partial charge < -0.3 is 19.4 Å². The fraction of sp³-hybridized carbons (Fsp3) is 0.438. The van der Waals surface area contributed by atoms with E-state index in [1.165, 1.54) is 11.8 Å². The number of benzene rings is 1. The molecule has 1 fully saturated rings. The summed E-state index contributed by atoms with van der Waals surface area (Å²) in [6.07, 6.45) is 2.30. The molecule has 0 aliphatic heterocycles. The number of aromatic nitrogens is 3. The molecule has 1 N–H and O–H groups in total. The molecule has 1 amide bonds. The van der Waals surface area contributed by atoms with E-state index in [9.17, 15) is 4.79 Å². The third-order valence-electron chi connectivity index (χ3n) is 3.76. The Morgan fingerprint density at radius 1 is 1.33 bits per heavy atom. The first-order valence-corrected chi connectivity index (χ1v) is 8.67. The van der Waals surface area contributed by atoms with E-state index in [4.69, 9.17) is 9.47 Å². The number of nitrogens with zero attached hydrogens (tertiary/aromatic N) is 3. The first-order valence-electron chi connectivity index (χ1n) is 7.68. The Labute approximate surface area is 144 Å². The maximum Gasteiger partial charge on any atom is 0.234 e. The first-order chi connectivity index (χ1) is 11.6. The summed E-state index contributed by atoms with van der Waals surface area (Å²) in [5.74, 6) is 2.27. The molecular formula is C16H20N4O3S. The van der Waals surface area contributed by atoms with Crippen LogP contribution in [0.25, 0.3) is 0 Å². The molecule has 1 aromatic carbocycles. The van der Waals surface area contributed by atoms with Crippen LogP contribution < -0.4 is 14.8 Å². The second-order valence-electron chi connectivity index (χ2n) is 5.53. The second-order valence-corrected chi connectivity index (χ2v) is 6.48. The van der Waals surface area contributed by atoms with Crippen molar-refractivity contribution < 1.29 is 14.3 Å². The molecule has 24 heavy (non-hydrogen) atoms. The minimum absolute atomic E-state index is 0.130. The van der Waals surface area contributed by atoms with Crippen molar-refractivity contribution in [1.82, 2.24) is 14.8 Å². The number of methoxy groups -OCH3 is 2. The molecule has 3 rings (SSSR count). The summed E-state index contributed by atoms with van der Waals surface area (Å²) >= 11 is 1.39. The van der Waals surface area contributed by atoms with Crippen LogP contribution in [0.15, 0.2) is 23.4 Å². The van der Waals surface area contributed by atoms with Crippen molar-refractivity contribution in [2.24, 2.45) is 0 Å². The molecular weight excluding hydrogens is 328 g/mol. The van der Waals surface area contributed by atoms with Crippen LogP contribution in [0, 0.1) is 6.92 Å². The Morgan fingerprint density at radius 3 is 2.79 bits per heavy atom. The van der Waals surface area contributed by atoms with Crippen LogP contribution in [0.3, 0.4) is 0 Å². The van der Waals surface area contributed by atoms with E-state index < -0.39 is 0 Å². The van der Waals surface area contributed by atoms with E-state index in [0.717, 1.165) is 23.8 Å². The number of carbonyl (C=O) groups excluding carboxylic acids is 1. The summed E-state index contributed by atoms with van der Waals surface area (Å²) < 4.78 is 12.6. The van der Waals surface area contributed by atoms with Gasteiger partial charge in [0, 0.05) is 12.1 Å². The number of amides is 1. The third-order valence-corrected chi connectivity index (χ3v) is 4.70. The number of hydrogen-bond acceptors (Lipinski definition) is 6. The lowest BCUT2D eigenvalue weighted by Crippen LogP contribution is -2.15. The van der Waals surface area contributed by atoms with Gasteiger partial charge in [-0.05, 0) is 31.9 Å². The Morgan fingerprint density at radius 2 is 2.12 bits per heavy atom. The number of carbonyl (C=O) groups is 1. The van der Waals surface area contributed by atoms with Gasteiger partial charge in [0.05, 0.1) is 25.7 Å². The fourth-order valence-corrected chi connectivity index (χ4v) is 3.28. The second kappa shape index (κ2) is 7.12. The zero-order valence-corrected chi connectivity index (χ0v) is 14.7. The molecule has 8 heteroatoms. The number of rotatable bonds is 7. The van der Waals surface area contributed by atoms with E-state index in [2.05, 4.69) is 20.1 Å². The van der Waals surface area contributed by atoms with E-state index in [0.29, 0.717) is 23.2 Å². The van der Waals surface area contributed by atoms with Crippen LogP contribution in [0.2, 0.25) is 0 Å². The fourth-order valence-electron chi connectivity index (χ4n) is 2.43. The monoisotopic (exact) mass is 348 g/mol. The molecule has 1 aliphatic carbocycles. The average molecular weight is 348 g/mol. The van der Waals surface area contributed by atoms with Crippen LogP contribution in [0.5, 0.6) is 11.5 Å². The van der Waals surface area contributed by atoms with Crippen molar-refractivity contribution in [1.29, 1.82) is 0 Å². The van der Waals surface area contributed by atoms with E-state index in [-0.39, 0.29) is 11.7 Å². The lowest BCUT2D eigenvalue weighted by molar-refractivity contribution is -0.113. The van der Waals surface area contributed by atoms with Crippen molar-refractivity contribution in [2.45, 2.75) is 31.0 Å². The molecule has 0 radical (unpaired) electrons. The Bertz CT molecular complexity index is 743. The highest BCUT2D eigenvalue weighted by atomic mass is 32.2. The molecule has 2 aromatic rings. The SMILES string of the molecule is COc1ccc(OC)c(NC(=O)CSc2nnc(C)n2C2CC2)c1. The Kier molecular flexibility index (Phi) is 4.94. The van der Waals surface area contributed by atoms with E-state index in [1.54, 1.807) is 32.4 Å². The number of hydrogen-bond donors (Lipinski definition) is 1. The van der Waals surface area contributed by atoms with Crippen LogP contribution in [-0.4, -0.2) is 40.6 Å². The zero-order chi connectivity index (χ0) is 17.1. The van der Waals surface area contributed by atoms with Crippen molar-refractivity contribution in [3.63, 3.8) is 0 Å². The largest absolute Gasteiger partial charge is 0.497 e. The number of anilines is 1. The minimum atomic E-state index is -0.130. The molecule has 1 aliphatic rings. The van der Waals surface area contributed by atoms with Crippen LogP contribution >= 0.6 is 11.8 Å². The van der Waals surface area contributed by atoms with Crippen LogP contribution in [0.1, 0.15) is 24.7 Å². The van der Waals surface area contributed by atoms with Crippen molar-refractivity contribution in [2.75, 3.05) is 25.3 Å². The van der Waals surface area contributed by atoms with Gasteiger partial charge in [-0.2, -0.15) is 0 Å². The molecule has 0 atom stereocenters. The predicted molar refractivity (Wildman–Crippen MR) is 91.9 cm³/mol. The van der Waals surface area contributed by atoms with Gasteiger partial charge in [-0.25, -0.2) is 0 Å². The summed E-state index contributed by atoms with van der Waals surface area (Å²) in [4.78, 5) is 12.3. The van der Waals surface area contributed by atoms with E-state index >= 15 is 0 Å². The first kappa shape index (κ1) is 16.6. The maximum atomic E-state index is 12.3. The van der Waals surface area contributed by atoms with Gasteiger partial charge in [-0.15, -0.1) is 10.2 Å². The molecule has 1 saturated carbocycles. The average Bonchev–Trinajstić information content (AvgIpc) is 3.35. The smallest absolute Gasteiger partial charge is 0.234 e. The number of ether oxygens (including phenoxy) is 2. The molecule has 0 saturated heterocycles. The number of aryl methyl sites for hydroxylation is 1. The summed E-state index contributed by atoms with van der Waals surface area (Å²) in [6.45, 7) is 1.94. The number of nitrogens with one attached hydrogen (secondary N) is 1. The molecule has 1 heterocycles. The van der Waals surface area contributed by atoms with Gasteiger partial charge in [0.25, 0.3) is 0 Å². The predicted octanol–water partition coefficient (Wildman–Crippen LogP) is 2.67. The van der Waals surface area contributed by atoms with Crippen molar-refractivity contribution in [3.05, 3.63) is 24.0 Å². The van der Waals surface area contributed by atoms with Gasteiger partial charge in [0.15, 0.2) is 5.16 Å². The normalized spacial score (nSPS) is 13.6. The summed E-state index contributed by atoms with van der Waals surface area (Å²) in [6, 6.07) is 5.76. The lowest BCUT2D eigenvalue weighted by atomic mass is 10.2. The van der Waals surface area contributed by atoms with Gasteiger partial charge in [0.2, 0.25) is 5.91 Å². The molecule has 1 aromatic heterocycles. The standard InChI is InChI=1S/C16H20N4O3S/c1-10-18-19-16(20(10)11-4-5-11)24-9-15(21)17-13-8-12(22-2)6-7-14(13)23-3/h6-8,11H,4-5,9H2,1-3H3,(H,17,21). The Hall–Kier alpha value is -2.22. The zero-order valence-electron chi connectivity index (χ0n) is 13.9.